The lowest BCUT2D eigenvalue weighted by Crippen LogP contribution is -2.38. The van der Waals surface area contributed by atoms with Crippen LogP contribution in [-0.4, -0.2) is 22.3 Å². The zero-order valence-corrected chi connectivity index (χ0v) is 9.82. The summed E-state index contributed by atoms with van der Waals surface area (Å²) in [6, 6.07) is 0.213. The number of nitrogen functional groups attached to an aromatic ring is 1. The number of aromatic nitrogens is 1. The molecule has 0 atom stereocenters. The van der Waals surface area contributed by atoms with Crippen LogP contribution in [0.3, 0.4) is 0 Å². The minimum absolute atomic E-state index is 0.213. The Kier molecular flexibility index (Phi) is 2.53. The van der Waals surface area contributed by atoms with Gasteiger partial charge in [0.05, 0.1) is 12.2 Å². The number of anilines is 1. The molecule has 1 aliphatic carbocycles. The van der Waals surface area contributed by atoms with Crippen LogP contribution in [-0.2, 0) is 17.8 Å². The first kappa shape index (κ1) is 10.6. The van der Waals surface area contributed by atoms with E-state index in [1.807, 2.05) is 4.90 Å². The van der Waals surface area contributed by atoms with Gasteiger partial charge >= 0.3 is 0 Å². The summed E-state index contributed by atoms with van der Waals surface area (Å²) in [6.07, 6.45) is 5.21. The second-order valence-corrected chi connectivity index (χ2v) is 4.91. The predicted molar refractivity (Wildman–Crippen MR) is 62.0 cm³/mol. The fourth-order valence-electron chi connectivity index (χ4n) is 2.83. The molecule has 0 spiro atoms. The largest absolute Gasteiger partial charge is 0.427 e. The first-order valence-corrected chi connectivity index (χ1v) is 6.27. The monoisotopic (exact) mass is 235 g/mol. The lowest BCUT2D eigenvalue weighted by atomic mass is 10.0. The molecule has 1 fully saturated rings. The molecule has 1 aromatic heterocycles. The number of rotatable bonds is 1. The van der Waals surface area contributed by atoms with E-state index in [2.05, 4.69) is 4.98 Å². The summed E-state index contributed by atoms with van der Waals surface area (Å²) in [5.41, 5.74) is 6.44. The highest BCUT2D eigenvalue weighted by molar-refractivity contribution is 5.79. The molecule has 5 nitrogen and oxygen atoms in total. The first-order valence-electron chi connectivity index (χ1n) is 6.27. The summed E-state index contributed by atoms with van der Waals surface area (Å²) in [4.78, 5) is 18.3. The third kappa shape index (κ3) is 1.90. The van der Waals surface area contributed by atoms with Crippen molar-refractivity contribution in [1.82, 2.24) is 9.88 Å². The van der Waals surface area contributed by atoms with Crippen LogP contribution < -0.4 is 5.73 Å². The summed E-state index contributed by atoms with van der Waals surface area (Å²) >= 11 is 0. The van der Waals surface area contributed by atoms with Crippen molar-refractivity contribution in [2.24, 2.45) is 5.92 Å². The van der Waals surface area contributed by atoms with Gasteiger partial charge in [0.15, 0.2) is 0 Å². The van der Waals surface area contributed by atoms with Crippen LogP contribution in [0.1, 0.15) is 37.1 Å². The molecule has 0 radical (unpaired) electrons. The van der Waals surface area contributed by atoms with E-state index in [1.165, 1.54) is 12.8 Å². The minimum atomic E-state index is 0.213. The maximum atomic E-state index is 12.2. The van der Waals surface area contributed by atoms with E-state index in [0.29, 0.717) is 6.54 Å². The van der Waals surface area contributed by atoms with Crippen LogP contribution in [0, 0.1) is 5.92 Å². The number of carbonyl (C=O) groups excluding carboxylic acids is 1. The van der Waals surface area contributed by atoms with Crippen LogP contribution in [0.5, 0.6) is 0 Å². The van der Waals surface area contributed by atoms with Crippen molar-refractivity contribution >= 4 is 11.9 Å². The average molecular weight is 235 g/mol. The maximum Gasteiger partial charge on any atom is 0.292 e. The van der Waals surface area contributed by atoms with Gasteiger partial charge in [-0.15, -0.1) is 0 Å². The number of hydrogen-bond acceptors (Lipinski definition) is 4. The number of nitrogens with two attached hydrogens (primary N) is 1. The van der Waals surface area contributed by atoms with Gasteiger partial charge < -0.3 is 15.1 Å². The van der Waals surface area contributed by atoms with Gasteiger partial charge in [-0.2, -0.15) is 4.98 Å². The Bertz CT molecular complexity index is 435. The van der Waals surface area contributed by atoms with Crippen molar-refractivity contribution in [3.05, 3.63) is 11.5 Å². The maximum absolute atomic E-state index is 12.2. The van der Waals surface area contributed by atoms with E-state index >= 15 is 0 Å². The first-order chi connectivity index (χ1) is 8.24. The molecule has 0 saturated heterocycles. The average Bonchev–Trinajstić information content (AvgIpc) is 2.94. The summed E-state index contributed by atoms with van der Waals surface area (Å²) in [6.45, 7) is 1.28. The topological polar surface area (TPSA) is 72.4 Å². The zero-order chi connectivity index (χ0) is 11.8. The van der Waals surface area contributed by atoms with Gasteiger partial charge in [0, 0.05) is 18.9 Å². The molecule has 0 unspecified atom stereocenters. The predicted octanol–water partition coefficient (Wildman–Crippen LogP) is 1.33. The summed E-state index contributed by atoms with van der Waals surface area (Å²) in [7, 11) is 0. The van der Waals surface area contributed by atoms with E-state index < -0.39 is 0 Å². The van der Waals surface area contributed by atoms with Crippen molar-refractivity contribution < 1.29 is 9.21 Å². The number of carbonyl (C=O) groups is 1. The van der Waals surface area contributed by atoms with Crippen molar-refractivity contribution in [2.45, 2.75) is 38.6 Å². The highest BCUT2D eigenvalue weighted by atomic mass is 16.4. The molecule has 2 N–H and O–H groups in total. The van der Waals surface area contributed by atoms with Crippen molar-refractivity contribution in [2.75, 3.05) is 12.3 Å². The molecule has 0 bridgehead atoms. The quantitative estimate of drug-likeness (QED) is 0.797. The highest BCUT2D eigenvalue weighted by Gasteiger charge is 2.31. The third-order valence-electron chi connectivity index (χ3n) is 3.76. The van der Waals surface area contributed by atoms with E-state index in [4.69, 9.17) is 10.2 Å². The van der Waals surface area contributed by atoms with Gasteiger partial charge in [-0.1, -0.05) is 12.8 Å². The van der Waals surface area contributed by atoms with Gasteiger partial charge in [0.2, 0.25) is 5.91 Å². The third-order valence-corrected chi connectivity index (χ3v) is 3.76. The standard InChI is InChI=1S/C12H17N3O2/c13-12-14-9-5-6-15(7-10(9)17-12)11(16)8-3-1-2-4-8/h8H,1-7H2,(H2,13,14). The number of nitrogens with zero attached hydrogens (tertiary/aromatic N) is 2. The second-order valence-electron chi connectivity index (χ2n) is 4.91. The van der Waals surface area contributed by atoms with Crippen molar-refractivity contribution in [3.63, 3.8) is 0 Å². The van der Waals surface area contributed by atoms with Gasteiger partial charge in [-0.3, -0.25) is 4.79 Å². The molecule has 1 amide bonds. The highest BCUT2D eigenvalue weighted by Crippen LogP contribution is 2.29. The van der Waals surface area contributed by atoms with Crippen LogP contribution in [0.15, 0.2) is 4.42 Å². The SMILES string of the molecule is Nc1nc2c(o1)CN(C(=O)C1CCCC1)CC2. The summed E-state index contributed by atoms with van der Waals surface area (Å²) in [5.74, 6) is 1.28. The molecule has 17 heavy (non-hydrogen) atoms. The molecular formula is C12H17N3O2. The van der Waals surface area contributed by atoms with Crippen LogP contribution >= 0.6 is 0 Å². The van der Waals surface area contributed by atoms with Gasteiger partial charge in [0.1, 0.15) is 5.76 Å². The normalized spacial score (nSPS) is 20.6. The fourth-order valence-corrected chi connectivity index (χ4v) is 2.83. The fraction of sp³-hybridized carbons (Fsp3) is 0.667. The molecule has 0 aromatic carbocycles. The van der Waals surface area contributed by atoms with E-state index in [9.17, 15) is 4.79 Å². The Labute approximate surface area is 100.0 Å². The lowest BCUT2D eigenvalue weighted by molar-refractivity contribution is -0.136. The van der Waals surface area contributed by atoms with Crippen molar-refractivity contribution in [3.8, 4) is 0 Å². The Morgan fingerprint density at radius 1 is 1.41 bits per heavy atom. The van der Waals surface area contributed by atoms with E-state index in [1.54, 1.807) is 0 Å². The second kappa shape index (κ2) is 4.05. The van der Waals surface area contributed by atoms with Crippen LogP contribution in [0.4, 0.5) is 6.01 Å². The molecule has 5 heteroatoms. The Morgan fingerprint density at radius 2 is 2.18 bits per heavy atom. The minimum Gasteiger partial charge on any atom is -0.427 e. The van der Waals surface area contributed by atoms with Gasteiger partial charge in [0.25, 0.3) is 6.01 Å². The molecule has 92 valence electrons. The lowest BCUT2D eigenvalue weighted by Gasteiger charge is -2.27. The Hall–Kier alpha value is -1.52. The number of fused-ring (bicyclic) bond motifs is 1. The Balaban J connectivity index is 1.72. The molecule has 2 aliphatic rings. The molecule has 1 aromatic rings. The Morgan fingerprint density at radius 3 is 2.94 bits per heavy atom. The molecule has 3 rings (SSSR count). The van der Waals surface area contributed by atoms with Crippen LogP contribution in [0.25, 0.3) is 0 Å². The molecule has 1 aliphatic heterocycles. The summed E-state index contributed by atoms with van der Waals surface area (Å²) in [5, 5.41) is 0. The van der Waals surface area contributed by atoms with Crippen molar-refractivity contribution in [1.29, 1.82) is 0 Å². The summed E-state index contributed by atoms with van der Waals surface area (Å²) < 4.78 is 5.32. The number of oxazole rings is 1. The zero-order valence-electron chi connectivity index (χ0n) is 9.82. The molecule has 2 heterocycles. The van der Waals surface area contributed by atoms with Gasteiger partial charge in [-0.25, -0.2) is 0 Å². The number of amides is 1. The van der Waals surface area contributed by atoms with E-state index in [0.717, 1.165) is 37.3 Å². The molecular weight excluding hydrogens is 218 g/mol. The smallest absolute Gasteiger partial charge is 0.292 e. The van der Waals surface area contributed by atoms with E-state index in [-0.39, 0.29) is 17.8 Å². The van der Waals surface area contributed by atoms with Crippen LogP contribution in [0.2, 0.25) is 0 Å². The van der Waals surface area contributed by atoms with Gasteiger partial charge in [-0.05, 0) is 12.8 Å². The molecule has 1 saturated carbocycles. The number of hydrogen-bond donors (Lipinski definition) is 1.